The van der Waals surface area contributed by atoms with Gasteiger partial charge in [-0.25, -0.2) is 0 Å². The number of phenolic OH excluding ortho intramolecular Hbond substituents is 1. The van der Waals surface area contributed by atoms with E-state index in [-0.39, 0.29) is 12.0 Å². The molecule has 1 aromatic rings. The minimum absolute atomic E-state index is 0.0340. The monoisotopic (exact) mass is 259 g/mol. The summed E-state index contributed by atoms with van der Waals surface area (Å²) in [6, 6.07) is 6.73. The van der Waals surface area contributed by atoms with Gasteiger partial charge in [-0.1, -0.05) is 12.1 Å². The largest absolute Gasteiger partial charge is 0.506 e. The topological polar surface area (TPSA) is 67.8 Å². The number of hydrogen-bond donors (Lipinski definition) is 2. The third-order valence-electron chi connectivity index (χ3n) is 2.02. The van der Waals surface area contributed by atoms with Crippen molar-refractivity contribution in [1.82, 2.24) is 0 Å². The van der Waals surface area contributed by atoms with Gasteiger partial charge in [-0.05, 0) is 26.0 Å². The highest BCUT2D eigenvalue weighted by molar-refractivity contribution is 7.53. The number of hydrogen-bond acceptors (Lipinski definition) is 5. The molecule has 0 saturated carbocycles. The van der Waals surface area contributed by atoms with Crippen molar-refractivity contribution in [2.45, 2.75) is 13.8 Å². The van der Waals surface area contributed by atoms with Crippen LogP contribution in [0.25, 0.3) is 0 Å². The molecule has 1 aromatic carbocycles. The first-order valence-electron chi connectivity index (χ1n) is 5.51. The van der Waals surface area contributed by atoms with Crippen molar-refractivity contribution in [2.75, 3.05) is 24.8 Å². The standard InChI is InChI=1S/C11H18NO4P/c1-3-15-17(14,16-4-2)9-12-10-7-5-6-8-11(10)13/h5-8,12-13H,3-4,9H2,1-2H3. The Bertz CT molecular complexity index is 387. The molecule has 0 unspecified atom stereocenters. The second-order valence-electron chi connectivity index (χ2n) is 3.30. The molecule has 0 heterocycles. The molecule has 0 spiro atoms. The molecule has 0 saturated heterocycles. The fourth-order valence-electron chi connectivity index (χ4n) is 1.33. The Kier molecular flexibility index (Phi) is 5.48. The summed E-state index contributed by atoms with van der Waals surface area (Å²) in [5, 5.41) is 12.4. The summed E-state index contributed by atoms with van der Waals surface area (Å²) in [7, 11) is -3.13. The zero-order valence-corrected chi connectivity index (χ0v) is 10.9. The van der Waals surface area contributed by atoms with Gasteiger partial charge in [0.25, 0.3) is 0 Å². The first kappa shape index (κ1) is 14.0. The van der Waals surface area contributed by atoms with Gasteiger partial charge in [-0.15, -0.1) is 0 Å². The van der Waals surface area contributed by atoms with E-state index in [4.69, 9.17) is 9.05 Å². The average Bonchev–Trinajstić information content (AvgIpc) is 2.29. The van der Waals surface area contributed by atoms with Crippen molar-refractivity contribution in [3.63, 3.8) is 0 Å². The van der Waals surface area contributed by atoms with Gasteiger partial charge < -0.3 is 19.5 Å². The normalized spacial score (nSPS) is 11.4. The highest BCUT2D eigenvalue weighted by atomic mass is 31.2. The van der Waals surface area contributed by atoms with Gasteiger partial charge in [-0.3, -0.25) is 4.57 Å². The fourth-order valence-corrected chi connectivity index (χ4v) is 2.73. The van der Waals surface area contributed by atoms with Gasteiger partial charge in [0.2, 0.25) is 0 Å². The van der Waals surface area contributed by atoms with Crippen molar-refractivity contribution in [1.29, 1.82) is 0 Å². The summed E-state index contributed by atoms with van der Waals surface area (Å²) < 4.78 is 22.4. The van der Waals surface area contributed by atoms with Crippen molar-refractivity contribution in [3.8, 4) is 5.75 Å². The molecule has 0 amide bonds. The predicted molar refractivity (Wildman–Crippen MR) is 67.5 cm³/mol. The number of aromatic hydroxyl groups is 1. The Morgan fingerprint density at radius 1 is 1.24 bits per heavy atom. The maximum absolute atomic E-state index is 12.1. The molecule has 1 rings (SSSR count). The van der Waals surface area contributed by atoms with Crippen molar-refractivity contribution in [2.24, 2.45) is 0 Å². The van der Waals surface area contributed by atoms with E-state index < -0.39 is 7.60 Å². The molecule has 0 aromatic heterocycles. The summed E-state index contributed by atoms with van der Waals surface area (Å²) in [6.45, 7) is 4.15. The molecule has 0 aliphatic heterocycles. The van der Waals surface area contributed by atoms with Crippen LogP contribution in [-0.4, -0.2) is 24.6 Å². The van der Waals surface area contributed by atoms with Gasteiger partial charge in [0.1, 0.15) is 12.0 Å². The molecular weight excluding hydrogens is 241 g/mol. The van der Waals surface area contributed by atoms with E-state index in [2.05, 4.69) is 5.32 Å². The molecule has 0 aliphatic rings. The zero-order valence-electron chi connectivity index (χ0n) is 10.0. The van der Waals surface area contributed by atoms with Gasteiger partial charge in [0.05, 0.1) is 18.9 Å². The maximum Gasteiger partial charge on any atom is 0.349 e. The van der Waals surface area contributed by atoms with Crippen LogP contribution in [0.5, 0.6) is 5.75 Å². The van der Waals surface area contributed by atoms with Crippen LogP contribution in [0.1, 0.15) is 13.8 Å². The number of anilines is 1. The molecule has 96 valence electrons. The van der Waals surface area contributed by atoms with E-state index in [9.17, 15) is 9.67 Å². The first-order valence-corrected chi connectivity index (χ1v) is 7.24. The predicted octanol–water partition coefficient (Wildman–Crippen LogP) is 3.03. The first-order chi connectivity index (χ1) is 8.11. The summed E-state index contributed by atoms with van der Waals surface area (Å²) in [4.78, 5) is 0. The van der Waals surface area contributed by atoms with E-state index in [1.54, 1.807) is 38.1 Å². The fraction of sp³-hybridized carbons (Fsp3) is 0.455. The number of phenols is 1. The van der Waals surface area contributed by atoms with Gasteiger partial charge in [0, 0.05) is 0 Å². The van der Waals surface area contributed by atoms with E-state index in [1.807, 2.05) is 0 Å². The minimum Gasteiger partial charge on any atom is -0.506 e. The molecule has 0 atom stereocenters. The number of rotatable bonds is 7. The summed E-state index contributed by atoms with van der Waals surface area (Å²) in [6.07, 6.45) is 0.0340. The Balaban J connectivity index is 2.64. The van der Waals surface area contributed by atoms with Crippen LogP contribution in [0.3, 0.4) is 0 Å². The van der Waals surface area contributed by atoms with Gasteiger partial charge in [-0.2, -0.15) is 0 Å². The Morgan fingerprint density at radius 3 is 2.35 bits per heavy atom. The zero-order chi connectivity index (χ0) is 12.7. The highest BCUT2D eigenvalue weighted by Crippen LogP contribution is 2.47. The van der Waals surface area contributed by atoms with Crippen LogP contribution in [0.2, 0.25) is 0 Å². The Hall–Kier alpha value is -1.03. The lowest BCUT2D eigenvalue weighted by atomic mass is 10.3. The lowest BCUT2D eigenvalue weighted by Gasteiger charge is -2.18. The number of para-hydroxylation sites is 2. The van der Waals surface area contributed by atoms with Crippen LogP contribution < -0.4 is 5.32 Å². The van der Waals surface area contributed by atoms with Crippen LogP contribution in [0.4, 0.5) is 5.69 Å². The SMILES string of the molecule is CCOP(=O)(CNc1ccccc1O)OCC. The molecule has 5 nitrogen and oxygen atoms in total. The quantitative estimate of drug-likeness (QED) is 0.582. The lowest BCUT2D eigenvalue weighted by Crippen LogP contribution is -2.08. The third-order valence-corrected chi connectivity index (χ3v) is 3.87. The molecule has 2 N–H and O–H groups in total. The average molecular weight is 259 g/mol. The van der Waals surface area contributed by atoms with Gasteiger partial charge >= 0.3 is 7.60 Å². The van der Waals surface area contributed by atoms with Crippen molar-refractivity contribution in [3.05, 3.63) is 24.3 Å². The minimum atomic E-state index is -3.13. The van der Waals surface area contributed by atoms with Crippen molar-refractivity contribution < 1.29 is 18.7 Å². The summed E-state index contributed by atoms with van der Waals surface area (Å²) in [5.74, 6) is 0.104. The Labute approximate surface area is 101 Å². The van der Waals surface area contributed by atoms with E-state index in [0.29, 0.717) is 18.9 Å². The lowest BCUT2D eigenvalue weighted by molar-refractivity contribution is 0.221. The Morgan fingerprint density at radius 2 is 1.82 bits per heavy atom. The summed E-state index contributed by atoms with van der Waals surface area (Å²) >= 11 is 0. The van der Waals surface area contributed by atoms with Crippen molar-refractivity contribution >= 4 is 13.3 Å². The van der Waals surface area contributed by atoms with Crippen LogP contribution >= 0.6 is 7.60 Å². The molecule has 6 heteroatoms. The van der Waals surface area contributed by atoms with Crippen LogP contribution in [0.15, 0.2) is 24.3 Å². The number of nitrogens with one attached hydrogen (secondary N) is 1. The molecule has 0 bridgehead atoms. The van der Waals surface area contributed by atoms with E-state index in [0.717, 1.165) is 0 Å². The molecule has 0 fully saturated rings. The number of benzene rings is 1. The molecule has 0 aliphatic carbocycles. The van der Waals surface area contributed by atoms with Crippen LogP contribution in [-0.2, 0) is 13.6 Å². The smallest absolute Gasteiger partial charge is 0.349 e. The molecule has 17 heavy (non-hydrogen) atoms. The van der Waals surface area contributed by atoms with Gasteiger partial charge in [0.15, 0.2) is 0 Å². The maximum atomic E-state index is 12.1. The molecular formula is C11H18NO4P. The molecule has 0 radical (unpaired) electrons. The van der Waals surface area contributed by atoms with E-state index >= 15 is 0 Å². The second kappa shape index (κ2) is 6.64. The van der Waals surface area contributed by atoms with Crippen LogP contribution in [0, 0.1) is 0 Å². The highest BCUT2D eigenvalue weighted by Gasteiger charge is 2.23. The second-order valence-corrected chi connectivity index (χ2v) is 5.35. The summed E-state index contributed by atoms with van der Waals surface area (Å²) in [5.41, 5.74) is 0.507. The third kappa shape index (κ3) is 4.38. The van der Waals surface area contributed by atoms with E-state index in [1.165, 1.54) is 0 Å².